The molecule has 26 heavy (non-hydrogen) atoms. The van der Waals surface area contributed by atoms with Gasteiger partial charge in [0.1, 0.15) is 5.75 Å². The second-order valence-electron chi connectivity index (χ2n) is 5.29. The first-order chi connectivity index (χ1) is 12.4. The third kappa shape index (κ3) is 4.00. The largest absolute Gasteiger partial charge is 0.465 e. The molecule has 0 atom stereocenters. The molecule has 0 saturated carbocycles. The summed E-state index contributed by atoms with van der Waals surface area (Å²) in [4.78, 5) is 11.6. The molecule has 7 nitrogen and oxygen atoms in total. The molecular formula is C17H13BrN2O5S. The highest BCUT2D eigenvalue weighted by molar-refractivity contribution is 9.10. The molecule has 0 aliphatic heterocycles. The van der Waals surface area contributed by atoms with E-state index in [1.807, 2.05) is 0 Å². The molecule has 0 fully saturated rings. The number of hydrogen-bond acceptors (Lipinski definition) is 7. The number of nitrogens with zero attached hydrogens (tertiary/aromatic N) is 2. The minimum atomic E-state index is -3.61. The first-order valence-electron chi connectivity index (χ1n) is 7.38. The van der Waals surface area contributed by atoms with Crippen molar-refractivity contribution in [3.63, 3.8) is 0 Å². The van der Waals surface area contributed by atoms with Crippen molar-refractivity contribution in [3.05, 3.63) is 64.5 Å². The van der Waals surface area contributed by atoms with Crippen LogP contribution in [-0.2, 0) is 20.3 Å². The number of ether oxygens (including phenoxy) is 1. The van der Waals surface area contributed by atoms with Crippen LogP contribution < -0.4 is 0 Å². The van der Waals surface area contributed by atoms with Gasteiger partial charge in [0.2, 0.25) is 11.8 Å². The first-order valence-corrected chi connectivity index (χ1v) is 9.83. The van der Waals surface area contributed by atoms with Gasteiger partial charge in [-0.1, -0.05) is 22.0 Å². The van der Waals surface area contributed by atoms with E-state index in [-0.39, 0.29) is 16.7 Å². The Bertz CT molecular complexity index is 1050. The summed E-state index contributed by atoms with van der Waals surface area (Å²) >= 11 is 3.25. The van der Waals surface area contributed by atoms with Crippen LogP contribution in [0.4, 0.5) is 0 Å². The second-order valence-corrected chi connectivity index (χ2v) is 8.19. The zero-order valence-corrected chi connectivity index (χ0v) is 16.0. The zero-order valence-electron chi connectivity index (χ0n) is 13.5. The summed E-state index contributed by atoms with van der Waals surface area (Å²) in [6.45, 7) is 0. The maximum absolute atomic E-state index is 12.5. The summed E-state index contributed by atoms with van der Waals surface area (Å²) in [5, 5.41) is 7.67. The third-order valence-electron chi connectivity index (χ3n) is 3.49. The Balaban J connectivity index is 1.81. The lowest BCUT2D eigenvalue weighted by molar-refractivity contribution is 0.0600. The average molecular weight is 437 g/mol. The van der Waals surface area contributed by atoms with E-state index in [2.05, 4.69) is 30.9 Å². The van der Waals surface area contributed by atoms with Crippen LogP contribution in [-0.4, -0.2) is 31.7 Å². The number of benzene rings is 2. The lowest BCUT2D eigenvalue weighted by atomic mass is 10.1. The Kier molecular flexibility index (Phi) is 5.19. The van der Waals surface area contributed by atoms with Crippen molar-refractivity contribution in [3.8, 4) is 11.5 Å². The molecule has 0 aliphatic carbocycles. The van der Waals surface area contributed by atoms with E-state index < -0.39 is 21.6 Å². The SMILES string of the molecule is COC(=O)c1ccc(-c2nnc(CS(=O)(=O)c3cccc(Br)c3)o2)cc1. The predicted octanol–water partition coefficient (Wildman–Crippen LogP) is 3.26. The molecule has 3 aromatic rings. The van der Waals surface area contributed by atoms with E-state index in [0.29, 0.717) is 15.6 Å². The van der Waals surface area contributed by atoms with E-state index in [0.717, 1.165) is 0 Å². The highest BCUT2D eigenvalue weighted by Gasteiger charge is 2.20. The number of carbonyl (C=O) groups is 1. The fraction of sp³-hybridized carbons (Fsp3) is 0.118. The number of halogens is 1. The van der Waals surface area contributed by atoms with E-state index in [9.17, 15) is 13.2 Å². The maximum Gasteiger partial charge on any atom is 0.337 e. The Morgan fingerprint density at radius 2 is 1.88 bits per heavy atom. The van der Waals surface area contributed by atoms with Gasteiger partial charge in [-0.15, -0.1) is 10.2 Å². The Hall–Kier alpha value is -2.52. The molecule has 0 radical (unpaired) electrons. The smallest absolute Gasteiger partial charge is 0.337 e. The number of aromatic nitrogens is 2. The predicted molar refractivity (Wildman–Crippen MR) is 96.1 cm³/mol. The van der Waals surface area contributed by atoms with Gasteiger partial charge in [0.15, 0.2) is 9.84 Å². The van der Waals surface area contributed by atoms with Gasteiger partial charge in [0.05, 0.1) is 17.6 Å². The quantitative estimate of drug-likeness (QED) is 0.565. The highest BCUT2D eigenvalue weighted by atomic mass is 79.9. The first kappa shape index (κ1) is 18.3. The molecule has 0 N–H and O–H groups in total. The minimum Gasteiger partial charge on any atom is -0.465 e. The molecule has 0 aliphatic rings. The standard InChI is InChI=1S/C17H13BrN2O5S/c1-24-17(21)12-7-5-11(6-8-12)16-20-19-15(25-16)10-26(22,23)14-4-2-3-13(18)9-14/h2-9H,10H2,1H3. The van der Waals surface area contributed by atoms with E-state index >= 15 is 0 Å². The average Bonchev–Trinajstić information content (AvgIpc) is 3.09. The number of hydrogen-bond donors (Lipinski definition) is 0. The van der Waals surface area contributed by atoms with Crippen LogP contribution in [0.3, 0.4) is 0 Å². The van der Waals surface area contributed by atoms with Crippen LogP contribution in [0, 0.1) is 0 Å². The van der Waals surface area contributed by atoms with Crippen LogP contribution in [0.1, 0.15) is 16.2 Å². The summed E-state index contributed by atoms with van der Waals surface area (Å²) in [6.07, 6.45) is 0. The van der Waals surface area contributed by atoms with Gasteiger partial charge in [-0.3, -0.25) is 0 Å². The van der Waals surface area contributed by atoms with Crippen LogP contribution in [0.25, 0.3) is 11.5 Å². The molecule has 0 spiro atoms. The van der Waals surface area contributed by atoms with Crippen molar-refractivity contribution in [2.24, 2.45) is 0 Å². The minimum absolute atomic E-state index is 0.0166. The number of carbonyl (C=O) groups excluding carboxylic acids is 1. The molecule has 0 amide bonds. The highest BCUT2D eigenvalue weighted by Crippen LogP contribution is 2.23. The molecule has 1 heterocycles. The lowest BCUT2D eigenvalue weighted by Gasteiger charge is -2.02. The van der Waals surface area contributed by atoms with Crippen molar-refractivity contribution in [2.45, 2.75) is 10.6 Å². The molecule has 0 unspecified atom stereocenters. The van der Waals surface area contributed by atoms with E-state index in [4.69, 9.17) is 4.42 Å². The summed E-state index contributed by atoms with van der Waals surface area (Å²) < 4.78 is 35.7. The van der Waals surface area contributed by atoms with Gasteiger partial charge in [0, 0.05) is 10.0 Å². The Labute approximate surface area is 158 Å². The summed E-state index contributed by atoms with van der Waals surface area (Å²) in [7, 11) is -2.32. The molecule has 0 saturated heterocycles. The zero-order chi connectivity index (χ0) is 18.7. The number of rotatable bonds is 5. The molecule has 3 rings (SSSR count). The van der Waals surface area contributed by atoms with Gasteiger partial charge in [-0.25, -0.2) is 13.2 Å². The van der Waals surface area contributed by atoms with Gasteiger partial charge >= 0.3 is 5.97 Å². The van der Waals surface area contributed by atoms with Crippen molar-refractivity contribution >= 4 is 31.7 Å². The fourth-order valence-electron chi connectivity index (χ4n) is 2.20. The van der Waals surface area contributed by atoms with Gasteiger partial charge in [0.25, 0.3) is 0 Å². The van der Waals surface area contributed by atoms with Crippen LogP contribution in [0.15, 0.2) is 62.3 Å². The second kappa shape index (κ2) is 7.38. The number of esters is 1. The van der Waals surface area contributed by atoms with E-state index in [1.165, 1.54) is 19.2 Å². The molecular weight excluding hydrogens is 424 g/mol. The van der Waals surface area contributed by atoms with Crippen LogP contribution in [0.2, 0.25) is 0 Å². The molecule has 134 valence electrons. The number of sulfone groups is 1. The Morgan fingerprint density at radius 1 is 1.15 bits per heavy atom. The van der Waals surface area contributed by atoms with Gasteiger partial charge in [-0.05, 0) is 42.5 Å². The maximum atomic E-state index is 12.5. The monoisotopic (exact) mass is 436 g/mol. The molecule has 2 aromatic carbocycles. The summed E-state index contributed by atoms with van der Waals surface area (Å²) in [5.74, 6) is -0.711. The van der Waals surface area contributed by atoms with Gasteiger partial charge < -0.3 is 9.15 Å². The van der Waals surface area contributed by atoms with Crippen molar-refractivity contribution in [1.82, 2.24) is 10.2 Å². The van der Waals surface area contributed by atoms with Gasteiger partial charge in [-0.2, -0.15) is 0 Å². The lowest BCUT2D eigenvalue weighted by Crippen LogP contribution is -2.05. The summed E-state index contributed by atoms with van der Waals surface area (Å²) in [6, 6.07) is 12.7. The normalized spacial score (nSPS) is 11.3. The topological polar surface area (TPSA) is 99.4 Å². The van der Waals surface area contributed by atoms with Crippen molar-refractivity contribution < 1.29 is 22.4 Å². The molecule has 0 bridgehead atoms. The van der Waals surface area contributed by atoms with Crippen molar-refractivity contribution in [2.75, 3.05) is 7.11 Å². The molecule has 1 aromatic heterocycles. The third-order valence-corrected chi connectivity index (χ3v) is 5.58. The fourth-order valence-corrected chi connectivity index (χ4v) is 3.95. The van der Waals surface area contributed by atoms with Crippen LogP contribution in [0.5, 0.6) is 0 Å². The van der Waals surface area contributed by atoms with Crippen molar-refractivity contribution in [1.29, 1.82) is 0 Å². The molecule has 9 heteroatoms. The van der Waals surface area contributed by atoms with Crippen LogP contribution >= 0.6 is 15.9 Å². The van der Waals surface area contributed by atoms with E-state index in [1.54, 1.807) is 36.4 Å². The Morgan fingerprint density at radius 3 is 2.54 bits per heavy atom. The number of methoxy groups -OCH3 is 1. The summed E-state index contributed by atoms with van der Waals surface area (Å²) in [5.41, 5.74) is 0.949.